The van der Waals surface area contributed by atoms with E-state index in [1.165, 1.54) is 11.8 Å². The Labute approximate surface area is 189 Å². The third-order valence-electron chi connectivity index (χ3n) is 4.62. The molecule has 1 amide bonds. The van der Waals surface area contributed by atoms with Crippen LogP contribution in [0.4, 0.5) is 0 Å². The largest absolute Gasteiger partial charge is 0.497 e. The molecule has 1 aromatic heterocycles. The maximum absolute atomic E-state index is 12.7. The number of nitrogens with one attached hydrogen (secondary N) is 1. The molecule has 0 fully saturated rings. The maximum atomic E-state index is 12.7. The molecule has 2 aromatic carbocycles. The Morgan fingerprint density at radius 2 is 1.83 bits per heavy atom. The van der Waals surface area contributed by atoms with E-state index >= 15 is 0 Å². The highest BCUT2D eigenvalue weighted by molar-refractivity contribution is 8.00. The number of benzene rings is 2. The highest BCUT2D eigenvalue weighted by Gasteiger charge is 2.22. The molecule has 158 valence electrons. The highest BCUT2D eigenvalue weighted by atomic mass is 35.5. The lowest BCUT2D eigenvalue weighted by Gasteiger charge is -2.18. The van der Waals surface area contributed by atoms with Crippen molar-refractivity contribution in [3.8, 4) is 17.1 Å². The molecule has 6 nitrogen and oxygen atoms in total. The van der Waals surface area contributed by atoms with Gasteiger partial charge in [-0.15, -0.1) is 10.2 Å². The van der Waals surface area contributed by atoms with Crippen LogP contribution < -0.4 is 10.1 Å². The quantitative estimate of drug-likeness (QED) is 0.489. The van der Waals surface area contributed by atoms with Gasteiger partial charge in [0.05, 0.1) is 18.4 Å². The van der Waals surface area contributed by atoms with Gasteiger partial charge in [0, 0.05) is 22.7 Å². The Kier molecular flexibility index (Phi) is 7.28. The Hall–Kier alpha value is -2.22. The van der Waals surface area contributed by atoms with Gasteiger partial charge in [0.25, 0.3) is 0 Å². The topological polar surface area (TPSA) is 69.0 Å². The first-order valence-corrected chi connectivity index (χ1v) is 10.9. The second-order valence-electron chi connectivity index (χ2n) is 6.75. The zero-order valence-electron chi connectivity index (χ0n) is 17.0. The fourth-order valence-corrected chi connectivity index (χ4v) is 4.28. The summed E-state index contributed by atoms with van der Waals surface area (Å²) >= 11 is 13.5. The van der Waals surface area contributed by atoms with Gasteiger partial charge in [-0.1, -0.05) is 41.0 Å². The number of rotatable bonds is 7. The van der Waals surface area contributed by atoms with Gasteiger partial charge >= 0.3 is 0 Å². The minimum atomic E-state index is -0.370. The summed E-state index contributed by atoms with van der Waals surface area (Å²) in [6.45, 7) is 3.71. The van der Waals surface area contributed by atoms with E-state index in [9.17, 15) is 4.79 Å². The van der Waals surface area contributed by atoms with Gasteiger partial charge < -0.3 is 14.6 Å². The molecule has 1 N–H and O–H groups in total. The van der Waals surface area contributed by atoms with Gasteiger partial charge in [-0.3, -0.25) is 4.79 Å². The molecule has 0 unspecified atom stereocenters. The summed E-state index contributed by atoms with van der Waals surface area (Å²) < 4.78 is 7.06. The molecule has 3 aromatic rings. The lowest BCUT2D eigenvalue weighted by Crippen LogP contribution is -2.33. The molecule has 0 aliphatic carbocycles. The van der Waals surface area contributed by atoms with Crippen LogP contribution in [0.25, 0.3) is 11.4 Å². The van der Waals surface area contributed by atoms with Crippen LogP contribution in [-0.2, 0) is 11.8 Å². The third-order valence-corrected chi connectivity index (χ3v) is 6.32. The molecule has 0 radical (unpaired) electrons. The van der Waals surface area contributed by atoms with Gasteiger partial charge in [0.15, 0.2) is 11.0 Å². The second-order valence-corrected chi connectivity index (χ2v) is 8.90. The van der Waals surface area contributed by atoms with Crippen LogP contribution in [0.15, 0.2) is 47.6 Å². The van der Waals surface area contributed by atoms with Gasteiger partial charge in [0.2, 0.25) is 5.91 Å². The third kappa shape index (κ3) is 5.09. The number of ether oxygens (including phenoxy) is 1. The Balaban J connectivity index is 1.67. The van der Waals surface area contributed by atoms with E-state index in [-0.39, 0.29) is 17.2 Å². The molecule has 0 aliphatic rings. The number of aromatic nitrogens is 3. The number of halogens is 2. The molecule has 3 rings (SSSR count). The maximum Gasteiger partial charge on any atom is 0.233 e. The molecule has 0 bridgehead atoms. The summed E-state index contributed by atoms with van der Waals surface area (Å²) in [7, 11) is 3.50. The zero-order chi connectivity index (χ0) is 21.8. The SMILES string of the molecule is COc1ccc(-c2nnc(S[C@H](C)C(=O)N[C@@H](C)c3ccc(Cl)cc3Cl)n2C)cc1. The molecule has 0 spiro atoms. The number of hydrogen-bond acceptors (Lipinski definition) is 5. The molecule has 9 heteroatoms. The number of nitrogens with zero attached hydrogens (tertiary/aromatic N) is 3. The average Bonchev–Trinajstić information content (AvgIpc) is 3.08. The Morgan fingerprint density at radius 1 is 1.13 bits per heavy atom. The van der Waals surface area contributed by atoms with E-state index in [0.29, 0.717) is 21.0 Å². The van der Waals surface area contributed by atoms with Crippen LogP contribution in [-0.4, -0.2) is 33.0 Å². The van der Waals surface area contributed by atoms with Crippen LogP contribution >= 0.6 is 35.0 Å². The number of carbonyl (C=O) groups excluding carboxylic acids is 1. The molecule has 0 saturated carbocycles. The number of carbonyl (C=O) groups is 1. The van der Waals surface area contributed by atoms with Gasteiger partial charge in [-0.05, 0) is 55.8 Å². The molecule has 30 heavy (non-hydrogen) atoms. The minimum absolute atomic E-state index is 0.118. The summed E-state index contributed by atoms with van der Waals surface area (Å²) in [5, 5.41) is 12.9. The number of thioether (sulfide) groups is 1. The minimum Gasteiger partial charge on any atom is -0.497 e. The zero-order valence-corrected chi connectivity index (χ0v) is 19.3. The molecular weight excluding hydrogens is 443 g/mol. The predicted molar refractivity (Wildman–Crippen MR) is 121 cm³/mol. The van der Waals surface area contributed by atoms with Crippen LogP contribution in [0, 0.1) is 0 Å². The van der Waals surface area contributed by atoms with E-state index in [4.69, 9.17) is 27.9 Å². The van der Waals surface area contributed by atoms with Crippen molar-refractivity contribution >= 4 is 40.9 Å². The molecule has 0 saturated heterocycles. The van der Waals surface area contributed by atoms with Crippen molar-refractivity contribution in [2.24, 2.45) is 7.05 Å². The van der Waals surface area contributed by atoms with Crippen molar-refractivity contribution < 1.29 is 9.53 Å². The van der Waals surface area contributed by atoms with Crippen molar-refractivity contribution in [1.82, 2.24) is 20.1 Å². The molecular formula is C21H22Cl2N4O2S. The van der Waals surface area contributed by atoms with E-state index < -0.39 is 0 Å². The van der Waals surface area contributed by atoms with Gasteiger partial charge in [-0.2, -0.15) is 0 Å². The number of methoxy groups -OCH3 is 1. The first-order valence-electron chi connectivity index (χ1n) is 9.26. The highest BCUT2D eigenvalue weighted by Crippen LogP contribution is 2.29. The van der Waals surface area contributed by atoms with Crippen molar-refractivity contribution in [2.45, 2.75) is 30.3 Å². The van der Waals surface area contributed by atoms with Crippen molar-refractivity contribution in [1.29, 1.82) is 0 Å². The molecule has 2 atom stereocenters. The summed E-state index contributed by atoms with van der Waals surface area (Å²) in [5.74, 6) is 1.37. The van der Waals surface area contributed by atoms with Crippen LogP contribution in [0.2, 0.25) is 10.0 Å². The van der Waals surface area contributed by atoms with Crippen LogP contribution in [0.5, 0.6) is 5.75 Å². The van der Waals surface area contributed by atoms with Crippen LogP contribution in [0.1, 0.15) is 25.5 Å². The van der Waals surface area contributed by atoms with E-state index in [0.717, 1.165) is 16.9 Å². The summed E-state index contributed by atoms with van der Waals surface area (Å²) in [6, 6.07) is 12.6. The normalized spacial score (nSPS) is 13.0. The van der Waals surface area contributed by atoms with Crippen molar-refractivity contribution in [3.05, 3.63) is 58.1 Å². The fourth-order valence-electron chi connectivity index (χ4n) is 2.88. The van der Waals surface area contributed by atoms with Crippen molar-refractivity contribution in [2.75, 3.05) is 7.11 Å². The standard InChI is InChI=1S/C21H22Cl2N4O2S/c1-12(17-10-7-15(22)11-18(17)23)24-20(28)13(2)30-21-26-25-19(27(21)3)14-5-8-16(29-4)9-6-14/h5-13H,1-4H3,(H,24,28)/t12-,13+/m0/s1. The van der Waals surface area contributed by atoms with Gasteiger partial charge in [0.1, 0.15) is 5.75 Å². The predicted octanol–water partition coefficient (Wildman–Crippen LogP) is 5.16. The average molecular weight is 465 g/mol. The van der Waals surface area contributed by atoms with E-state index in [1.807, 2.05) is 55.8 Å². The summed E-state index contributed by atoms with van der Waals surface area (Å²) in [4.78, 5) is 12.7. The van der Waals surface area contributed by atoms with Gasteiger partial charge in [-0.25, -0.2) is 0 Å². The fraction of sp³-hybridized carbons (Fsp3) is 0.286. The van der Waals surface area contributed by atoms with E-state index in [2.05, 4.69) is 15.5 Å². The lowest BCUT2D eigenvalue weighted by molar-refractivity contribution is -0.120. The first kappa shape index (κ1) is 22.5. The molecule has 0 aliphatic heterocycles. The Morgan fingerprint density at radius 3 is 2.47 bits per heavy atom. The lowest BCUT2D eigenvalue weighted by atomic mass is 10.1. The summed E-state index contributed by atoms with van der Waals surface area (Å²) in [5.41, 5.74) is 1.73. The first-order chi connectivity index (χ1) is 14.3. The second kappa shape index (κ2) is 9.73. The smallest absolute Gasteiger partial charge is 0.233 e. The number of hydrogen-bond donors (Lipinski definition) is 1. The Bertz CT molecular complexity index is 1040. The summed E-state index contributed by atoms with van der Waals surface area (Å²) in [6.07, 6.45) is 0. The van der Waals surface area contributed by atoms with E-state index in [1.54, 1.807) is 19.2 Å². The molecule has 1 heterocycles. The monoisotopic (exact) mass is 464 g/mol. The number of amides is 1. The van der Waals surface area contributed by atoms with Crippen LogP contribution in [0.3, 0.4) is 0 Å². The van der Waals surface area contributed by atoms with Crippen molar-refractivity contribution in [3.63, 3.8) is 0 Å².